The number of anilines is 1. The first-order valence-corrected chi connectivity index (χ1v) is 10.9. The zero-order chi connectivity index (χ0) is 20.1. The van der Waals surface area contributed by atoms with E-state index in [1.165, 1.54) is 49.6 Å². The van der Waals surface area contributed by atoms with Gasteiger partial charge >= 0.3 is 5.97 Å². The highest BCUT2D eigenvalue weighted by molar-refractivity contribution is 7.92. The van der Waals surface area contributed by atoms with Crippen LogP contribution in [-0.4, -0.2) is 36.5 Å². The second-order valence-corrected chi connectivity index (χ2v) is 9.11. The minimum absolute atomic E-state index is 0.0685. The van der Waals surface area contributed by atoms with Crippen LogP contribution in [0.2, 0.25) is 5.02 Å². The van der Waals surface area contributed by atoms with Crippen LogP contribution in [0.3, 0.4) is 0 Å². The average molecular weight is 433 g/mol. The van der Waals surface area contributed by atoms with Crippen molar-refractivity contribution in [3.8, 4) is 0 Å². The summed E-state index contributed by atoms with van der Waals surface area (Å²) in [6, 6.07) is 11.0. The third kappa shape index (κ3) is 5.67. The molecule has 0 spiro atoms. The number of nitrogens with one attached hydrogen (secondary N) is 2. The number of carbonyl (C=O) groups excluding carboxylic acids is 1. The van der Waals surface area contributed by atoms with E-state index < -0.39 is 26.0 Å². The molecule has 11 heteroatoms. The topological polar surface area (TPSA) is 119 Å². The van der Waals surface area contributed by atoms with Crippen LogP contribution in [0.4, 0.5) is 5.69 Å². The van der Waals surface area contributed by atoms with Gasteiger partial charge in [0.25, 0.3) is 10.0 Å². The Bertz CT molecular complexity index is 1020. The van der Waals surface area contributed by atoms with Crippen molar-refractivity contribution >= 4 is 43.3 Å². The van der Waals surface area contributed by atoms with Gasteiger partial charge in [-0.25, -0.2) is 21.6 Å². The van der Waals surface area contributed by atoms with Crippen molar-refractivity contribution < 1.29 is 26.4 Å². The summed E-state index contributed by atoms with van der Waals surface area (Å²) in [5.74, 6) is -0.540. The molecule has 2 N–H and O–H groups in total. The predicted octanol–water partition coefficient (Wildman–Crippen LogP) is 1.98. The Morgan fingerprint density at radius 1 is 1.00 bits per heavy atom. The number of methoxy groups -OCH3 is 1. The largest absolute Gasteiger partial charge is 0.469 e. The zero-order valence-electron chi connectivity index (χ0n) is 14.2. The maximum absolute atomic E-state index is 12.4. The molecule has 146 valence electrons. The highest BCUT2D eigenvalue weighted by Crippen LogP contribution is 2.23. The third-order valence-corrected chi connectivity index (χ3v) is 6.75. The Balaban J connectivity index is 2.11. The molecule has 0 heterocycles. The fourth-order valence-electron chi connectivity index (χ4n) is 2.05. The molecule has 0 saturated heterocycles. The van der Waals surface area contributed by atoms with Crippen LogP contribution in [0.5, 0.6) is 0 Å². The van der Waals surface area contributed by atoms with Gasteiger partial charge in [0.05, 0.1) is 23.4 Å². The van der Waals surface area contributed by atoms with E-state index in [4.69, 9.17) is 11.6 Å². The molecule has 0 radical (unpaired) electrons. The molecule has 0 atom stereocenters. The summed E-state index contributed by atoms with van der Waals surface area (Å²) in [5.41, 5.74) is 0.170. The van der Waals surface area contributed by atoms with Crippen molar-refractivity contribution in [1.82, 2.24) is 4.72 Å². The maximum Gasteiger partial charge on any atom is 0.306 e. The third-order valence-electron chi connectivity index (χ3n) is 3.39. The molecule has 0 aliphatic rings. The first-order chi connectivity index (χ1) is 12.7. The van der Waals surface area contributed by atoms with Crippen LogP contribution in [-0.2, 0) is 29.6 Å². The average Bonchev–Trinajstić information content (AvgIpc) is 2.61. The summed E-state index contributed by atoms with van der Waals surface area (Å²) in [6.07, 6.45) is -0.106. The Morgan fingerprint density at radius 3 is 2.22 bits per heavy atom. The standard InChI is InChI=1S/C16H17ClN2O6S2/c1-25-16(20)10-11-18-26(21,22)13-8-6-12(7-9-13)19-27(23,24)15-5-3-2-4-14(15)17/h2-9,18-19H,10-11H2,1H3. The molecule has 0 aliphatic heterocycles. The van der Waals surface area contributed by atoms with E-state index in [9.17, 15) is 21.6 Å². The number of hydrogen-bond donors (Lipinski definition) is 2. The molecule has 0 aromatic heterocycles. The number of halogens is 1. The molecular weight excluding hydrogens is 416 g/mol. The molecule has 2 rings (SSSR count). The zero-order valence-corrected chi connectivity index (χ0v) is 16.6. The van der Waals surface area contributed by atoms with E-state index in [1.807, 2.05) is 0 Å². The highest BCUT2D eigenvalue weighted by Gasteiger charge is 2.19. The highest BCUT2D eigenvalue weighted by atomic mass is 35.5. The van der Waals surface area contributed by atoms with Crippen LogP contribution in [0.25, 0.3) is 0 Å². The molecular formula is C16H17ClN2O6S2. The second kappa shape index (κ2) is 8.70. The molecule has 0 bridgehead atoms. The number of ether oxygens (including phenoxy) is 1. The minimum atomic E-state index is -3.92. The van der Waals surface area contributed by atoms with Crippen molar-refractivity contribution in [2.24, 2.45) is 0 Å². The van der Waals surface area contributed by atoms with Gasteiger partial charge in [-0.15, -0.1) is 0 Å². The van der Waals surface area contributed by atoms with Crippen LogP contribution in [0.15, 0.2) is 58.3 Å². The Morgan fingerprint density at radius 2 is 1.63 bits per heavy atom. The fraction of sp³-hybridized carbons (Fsp3) is 0.188. The van der Waals surface area contributed by atoms with E-state index in [-0.39, 0.29) is 33.5 Å². The van der Waals surface area contributed by atoms with Crippen LogP contribution in [0.1, 0.15) is 6.42 Å². The summed E-state index contributed by atoms with van der Waals surface area (Å²) < 4.78 is 58.0. The molecule has 0 amide bonds. The van der Waals surface area contributed by atoms with Gasteiger partial charge in [-0.2, -0.15) is 0 Å². The van der Waals surface area contributed by atoms with E-state index in [1.54, 1.807) is 6.07 Å². The summed E-state index contributed by atoms with van der Waals surface area (Å²) in [5, 5.41) is 0.0685. The monoisotopic (exact) mass is 432 g/mol. The molecule has 2 aromatic rings. The summed E-state index contributed by atoms with van der Waals surface area (Å²) >= 11 is 5.90. The van der Waals surface area contributed by atoms with Gasteiger partial charge in [0.2, 0.25) is 10.0 Å². The molecule has 0 saturated carbocycles. The summed E-state index contributed by atoms with van der Waals surface area (Å²) in [7, 11) is -6.55. The Labute approximate surface area is 162 Å². The van der Waals surface area contributed by atoms with Crippen molar-refractivity contribution in [3.05, 3.63) is 53.6 Å². The first-order valence-electron chi connectivity index (χ1n) is 7.59. The van der Waals surface area contributed by atoms with Gasteiger partial charge in [0.1, 0.15) is 4.90 Å². The quantitative estimate of drug-likeness (QED) is 0.615. The molecule has 2 aromatic carbocycles. The summed E-state index contributed by atoms with van der Waals surface area (Å²) in [6.45, 7) is -0.115. The Kier molecular flexibility index (Phi) is 6.82. The molecule has 0 unspecified atom stereocenters. The SMILES string of the molecule is COC(=O)CCNS(=O)(=O)c1ccc(NS(=O)(=O)c2ccccc2Cl)cc1. The van der Waals surface area contributed by atoms with Gasteiger partial charge in [0.15, 0.2) is 0 Å². The van der Waals surface area contributed by atoms with Crippen molar-refractivity contribution in [2.75, 3.05) is 18.4 Å². The smallest absolute Gasteiger partial charge is 0.306 e. The van der Waals surface area contributed by atoms with Crippen molar-refractivity contribution in [1.29, 1.82) is 0 Å². The number of benzene rings is 2. The normalized spacial score (nSPS) is 11.8. The lowest BCUT2D eigenvalue weighted by molar-refractivity contribution is -0.140. The van der Waals surface area contributed by atoms with Crippen LogP contribution >= 0.6 is 11.6 Å². The van der Waals surface area contributed by atoms with E-state index in [0.29, 0.717) is 0 Å². The molecule has 0 fully saturated rings. The fourth-order valence-corrected chi connectivity index (χ4v) is 4.66. The lowest BCUT2D eigenvalue weighted by atomic mass is 10.3. The number of esters is 1. The van der Waals surface area contributed by atoms with Crippen LogP contribution < -0.4 is 9.44 Å². The van der Waals surface area contributed by atoms with E-state index in [0.717, 1.165) is 0 Å². The number of sulfonamides is 2. The predicted molar refractivity (Wildman–Crippen MR) is 101 cm³/mol. The summed E-state index contributed by atoms with van der Waals surface area (Å²) in [4.78, 5) is 10.9. The van der Waals surface area contributed by atoms with E-state index >= 15 is 0 Å². The number of carbonyl (C=O) groups is 1. The van der Waals surface area contributed by atoms with Gasteiger partial charge in [0, 0.05) is 12.2 Å². The number of rotatable bonds is 8. The van der Waals surface area contributed by atoms with Gasteiger partial charge < -0.3 is 4.74 Å². The lowest BCUT2D eigenvalue weighted by Gasteiger charge is -2.10. The van der Waals surface area contributed by atoms with Gasteiger partial charge in [-0.1, -0.05) is 23.7 Å². The van der Waals surface area contributed by atoms with Crippen LogP contribution in [0, 0.1) is 0 Å². The van der Waals surface area contributed by atoms with Crippen molar-refractivity contribution in [3.63, 3.8) is 0 Å². The Hall–Kier alpha value is -2.14. The van der Waals surface area contributed by atoms with E-state index in [2.05, 4.69) is 14.2 Å². The maximum atomic E-state index is 12.4. The molecule has 27 heavy (non-hydrogen) atoms. The van der Waals surface area contributed by atoms with Gasteiger partial charge in [-0.3, -0.25) is 9.52 Å². The molecule has 8 nitrogen and oxygen atoms in total. The molecule has 0 aliphatic carbocycles. The van der Waals surface area contributed by atoms with Gasteiger partial charge in [-0.05, 0) is 36.4 Å². The van der Waals surface area contributed by atoms with Crippen molar-refractivity contribution in [2.45, 2.75) is 16.2 Å². The minimum Gasteiger partial charge on any atom is -0.469 e. The lowest BCUT2D eigenvalue weighted by Crippen LogP contribution is -2.26. The number of hydrogen-bond acceptors (Lipinski definition) is 6. The second-order valence-electron chi connectivity index (χ2n) is 5.28. The first kappa shape index (κ1) is 21.2.